The van der Waals surface area contributed by atoms with Crippen LogP contribution in [-0.2, 0) is 26.2 Å². The fraction of sp³-hybridized carbons (Fsp3) is 1.00. The molecule has 0 saturated heterocycles. The van der Waals surface area contributed by atoms with Gasteiger partial charge in [0.05, 0.1) is 0 Å². The predicted molar refractivity (Wildman–Crippen MR) is 93.6 cm³/mol. The zero-order valence-corrected chi connectivity index (χ0v) is 18.3. The number of aliphatic hydroxyl groups excluding tert-OH is 3. The summed E-state index contributed by atoms with van der Waals surface area (Å²) in [6.07, 6.45) is 11.2. The minimum atomic E-state index is 0. The molecule has 4 heteroatoms. The summed E-state index contributed by atoms with van der Waals surface area (Å²) < 4.78 is 0. The molecule has 0 heterocycles. The molecule has 0 atom stereocenters. The third kappa shape index (κ3) is 23.0. The number of rotatable bonds is 10. The van der Waals surface area contributed by atoms with E-state index >= 15 is 0 Å². The maximum atomic E-state index is 9.66. The van der Waals surface area contributed by atoms with Crippen molar-refractivity contribution in [3.05, 3.63) is 0 Å². The molecule has 3 nitrogen and oxygen atoms in total. The van der Waals surface area contributed by atoms with Crippen molar-refractivity contribution in [2.24, 2.45) is 5.41 Å². The van der Waals surface area contributed by atoms with Crippen LogP contribution in [-0.4, -0.2) is 35.1 Å². The Balaban J connectivity index is -0.000000199. The van der Waals surface area contributed by atoms with Crippen LogP contribution in [0.5, 0.6) is 0 Å². The van der Waals surface area contributed by atoms with Gasteiger partial charge >= 0.3 is 0 Å². The Kier molecular flexibility index (Phi) is 37.1. The third-order valence-corrected chi connectivity index (χ3v) is 3.52. The monoisotopic (exact) mass is 396 g/mol. The molecule has 0 aromatic carbocycles. The van der Waals surface area contributed by atoms with Gasteiger partial charge in [0.15, 0.2) is 0 Å². The summed E-state index contributed by atoms with van der Waals surface area (Å²) in [5, 5.41) is 24.8. The predicted octanol–water partition coefficient (Wildman–Crippen LogP) is 4.53. The summed E-state index contributed by atoms with van der Waals surface area (Å²) in [7, 11) is 0. The summed E-state index contributed by atoms with van der Waals surface area (Å²) in [4.78, 5) is 0. The molecule has 136 valence electrons. The van der Waals surface area contributed by atoms with Crippen LogP contribution in [0.1, 0.15) is 92.4 Å². The van der Waals surface area contributed by atoms with E-state index in [1.54, 1.807) is 13.8 Å². The average Bonchev–Trinajstić information content (AvgIpc) is 2.49. The Morgan fingerprint density at radius 3 is 0.955 bits per heavy atom. The van der Waals surface area contributed by atoms with E-state index in [0.29, 0.717) is 6.61 Å². The molecule has 0 bridgehead atoms. The van der Waals surface area contributed by atoms with E-state index < -0.39 is 0 Å². The Morgan fingerprint density at radius 2 is 0.818 bits per heavy atom. The molecule has 0 spiro atoms. The molecule has 0 aliphatic heterocycles. The molecule has 0 amide bonds. The SMILES string of the molecule is CCCCC(CO)(CCCC)CCCC.CCO.CCO.[Zr]. The number of hydrogen-bond donors (Lipinski definition) is 3. The van der Waals surface area contributed by atoms with Gasteiger partial charge in [-0.15, -0.1) is 0 Å². The number of hydrogen-bond acceptors (Lipinski definition) is 3. The van der Waals surface area contributed by atoms with E-state index in [0.717, 1.165) is 0 Å². The van der Waals surface area contributed by atoms with Gasteiger partial charge in [0, 0.05) is 46.0 Å². The molecule has 0 aliphatic carbocycles. The van der Waals surface area contributed by atoms with E-state index in [-0.39, 0.29) is 44.8 Å². The summed E-state index contributed by atoms with van der Waals surface area (Å²) in [6.45, 7) is 11.0. The summed E-state index contributed by atoms with van der Waals surface area (Å²) >= 11 is 0. The summed E-state index contributed by atoms with van der Waals surface area (Å²) in [5.74, 6) is 0. The first kappa shape index (κ1) is 30.6. The van der Waals surface area contributed by atoms with Gasteiger partial charge in [-0.05, 0) is 38.5 Å². The molecule has 0 rings (SSSR count). The largest absolute Gasteiger partial charge is 0.397 e. The van der Waals surface area contributed by atoms with E-state index in [9.17, 15) is 5.11 Å². The van der Waals surface area contributed by atoms with Crippen molar-refractivity contribution in [2.45, 2.75) is 92.4 Å². The number of aliphatic hydroxyl groups is 3. The van der Waals surface area contributed by atoms with E-state index in [1.807, 2.05) is 0 Å². The molecular weight excluding hydrogens is 355 g/mol. The molecule has 22 heavy (non-hydrogen) atoms. The minimum Gasteiger partial charge on any atom is -0.397 e. The Morgan fingerprint density at radius 1 is 0.591 bits per heavy atom. The van der Waals surface area contributed by atoms with Crippen LogP contribution in [0.25, 0.3) is 0 Å². The van der Waals surface area contributed by atoms with Crippen molar-refractivity contribution < 1.29 is 41.5 Å². The zero-order chi connectivity index (χ0) is 17.0. The normalized spacial score (nSPS) is 9.82. The zero-order valence-electron chi connectivity index (χ0n) is 15.8. The summed E-state index contributed by atoms with van der Waals surface area (Å²) in [5.41, 5.74) is 0.252. The van der Waals surface area contributed by atoms with Gasteiger partial charge in [-0.3, -0.25) is 0 Å². The quantitative estimate of drug-likeness (QED) is 0.507. The molecule has 0 fully saturated rings. The van der Waals surface area contributed by atoms with Crippen LogP contribution in [0.4, 0.5) is 0 Å². The Labute approximate surface area is 159 Å². The van der Waals surface area contributed by atoms with E-state index in [4.69, 9.17) is 10.2 Å². The van der Waals surface area contributed by atoms with Crippen molar-refractivity contribution in [1.29, 1.82) is 0 Å². The smallest absolute Gasteiger partial charge is 0.0487 e. The second kappa shape index (κ2) is 26.6. The molecule has 0 saturated carbocycles. The van der Waals surface area contributed by atoms with Crippen molar-refractivity contribution in [3.63, 3.8) is 0 Å². The van der Waals surface area contributed by atoms with E-state index in [2.05, 4.69) is 20.8 Å². The van der Waals surface area contributed by atoms with Gasteiger partial charge in [0.25, 0.3) is 0 Å². The number of unbranched alkanes of at least 4 members (excludes halogenated alkanes) is 3. The Bertz CT molecular complexity index is 143. The first-order valence-electron chi connectivity index (χ1n) is 8.90. The van der Waals surface area contributed by atoms with Crippen LogP contribution in [0, 0.1) is 5.41 Å². The minimum absolute atomic E-state index is 0. The Hall–Kier alpha value is 0.763. The van der Waals surface area contributed by atoms with Crippen molar-refractivity contribution in [1.82, 2.24) is 0 Å². The van der Waals surface area contributed by atoms with Crippen LogP contribution in [0.15, 0.2) is 0 Å². The van der Waals surface area contributed by atoms with Gasteiger partial charge in [-0.25, -0.2) is 0 Å². The molecule has 0 aliphatic rings. The van der Waals surface area contributed by atoms with Gasteiger partial charge in [-0.2, -0.15) is 0 Å². The fourth-order valence-corrected chi connectivity index (χ4v) is 2.27. The third-order valence-electron chi connectivity index (χ3n) is 3.52. The van der Waals surface area contributed by atoms with Crippen LogP contribution in [0.2, 0.25) is 0 Å². The van der Waals surface area contributed by atoms with Gasteiger partial charge in [0.1, 0.15) is 0 Å². The first-order chi connectivity index (χ1) is 10.1. The van der Waals surface area contributed by atoms with Gasteiger partial charge < -0.3 is 15.3 Å². The second-order valence-corrected chi connectivity index (χ2v) is 5.60. The molecule has 3 N–H and O–H groups in total. The maximum absolute atomic E-state index is 9.66. The second-order valence-electron chi connectivity index (χ2n) is 5.60. The first-order valence-corrected chi connectivity index (χ1v) is 8.90. The molecule has 0 unspecified atom stereocenters. The van der Waals surface area contributed by atoms with Crippen LogP contribution < -0.4 is 0 Å². The van der Waals surface area contributed by atoms with Crippen LogP contribution in [0.3, 0.4) is 0 Å². The van der Waals surface area contributed by atoms with Crippen LogP contribution >= 0.6 is 0 Å². The average molecular weight is 398 g/mol. The van der Waals surface area contributed by atoms with Gasteiger partial charge in [0.2, 0.25) is 0 Å². The van der Waals surface area contributed by atoms with Crippen molar-refractivity contribution in [2.75, 3.05) is 19.8 Å². The fourth-order valence-electron chi connectivity index (χ4n) is 2.27. The topological polar surface area (TPSA) is 60.7 Å². The van der Waals surface area contributed by atoms with E-state index in [1.165, 1.54) is 57.8 Å². The van der Waals surface area contributed by atoms with Gasteiger partial charge in [-0.1, -0.05) is 59.3 Å². The standard InChI is InChI=1S/C14H30O.2C2H6O.Zr/c1-4-7-10-14(13-15,11-8-5-2)12-9-6-3;2*1-2-3;/h15H,4-13H2,1-3H3;2*3H,2H2,1H3;. The maximum Gasteiger partial charge on any atom is 0.0487 e. The summed E-state index contributed by atoms with van der Waals surface area (Å²) in [6, 6.07) is 0. The molecule has 0 radical (unpaired) electrons. The molecule has 0 aromatic heterocycles. The molecular formula is C18H42O3Zr. The van der Waals surface area contributed by atoms with Crippen molar-refractivity contribution >= 4 is 0 Å². The van der Waals surface area contributed by atoms with Crippen molar-refractivity contribution in [3.8, 4) is 0 Å². The molecule has 0 aromatic rings.